The number of azide groups is 1. The number of carboxylic acid groups (broad SMARTS) is 1. The Morgan fingerprint density at radius 1 is 1.67 bits per heavy atom. The number of aliphatic hydroxyl groups is 4. The Hall–Kier alpha value is -1.42. The number of nitrogens with zero attached hydrogens (tertiary/aromatic N) is 3. The van der Waals surface area contributed by atoms with Crippen LogP contribution in [0.15, 0.2) is 5.11 Å². The van der Waals surface area contributed by atoms with Crippen molar-refractivity contribution in [2.75, 3.05) is 6.54 Å². The normalized spacial score (nSPS) is 37.7. The van der Waals surface area contributed by atoms with E-state index < -0.39 is 49.1 Å². The van der Waals surface area contributed by atoms with Crippen LogP contribution < -0.4 is 5.11 Å². The van der Waals surface area contributed by atoms with Crippen LogP contribution in [-0.4, -0.2) is 63.1 Å². The molecular weight excluding hydrogens is 250 g/mol. The number of carbonyl (C=O) groups excluding carboxylic acids is 1. The molecule has 10 heteroatoms. The van der Waals surface area contributed by atoms with E-state index in [2.05, 4.69) is 14.8 Å². The Morgan fingerprint density at radius 2 is 2.28 bits per heavy atom. The molecule has 1 rings (SSSR count). The standard InChI is InChI=1S/C8H13N3O7/c9-11-10-2-4(13)6-5(14)3(12)1-8(17,18-6)7(15)16/h3-6,12-14,17H,1-2H2,(H,15,16)/p-1/t3-,4+,5+,6+,8+/m0/s1. The van der Waals surface area contributed by atoms with Crippen LogP contribution in [0.4, 0.5) is 0 Å². The number of carbonyl (C=O) groups is 1. The Balaban J connectivity index is 2.88. The molecule has 0 bridgehead atoms. The fourth-order valence-electron chi connectivity index (χ4n) is 1.63. The Bertz CT molecular complexity index is 372. The molecule has 1 aliphatic heterocycles. The molecule has 0 radical (unpaired) electrons. The molecule has 102 valence electrons. The summed E-state index contributed by atoms with van der Waals surface area (Å²) in [6.07, 6.45) is -7.28. The number of rotatable bonds is 4. The lowest BCUT2D eigenvalue weighted by Gasteiger charge is -2.44. The van der Waals surface area contributed by atoms with E-state index >= 15 is 0 Å². The predicted molar refractivity (Wildman–Crippen MR) is 51.5 cm³/mol. The minimum Gasteiger partial charge on any atom is -0.544 e. The van der Waals surface area contributed by atoms with Gasteiger partial charge in [0.2, 0.25) is 5.79 Å². The molecule has 5 atom stereocenters. The van der Waals surface area contributed by atoms with E-state index in [9.17, 15) is 30.3 Å². The second-order valence-corrected chi connectivity index (χ2v) is 3.90. The molecule has 0 unspecified atom stereocenters. The zero-order valence-electron chi connectivity index (χ0n) is 9.08. The first-order valence-electron chi connectivity index (χ1n) is 4.98. The second kappa shape index (κ2) is 5.48. The number of aliphatic hydroxyl groups excluding tert-OH is 3. The molecule has 0 aromatic carbocycles. The monoisotopic (exact) mass is 262 g/mol. The van der Waals surface area contributed by atoms with Gasteiger partial charge in [-0.2, -0.15) is 0 Å². The molecule has 0 saturated carbocycles. The van der Waals surface area contributed by atoms with Gasteiger partial charge in [0.25, 0.3) is 0 Å². The molecule has 0 aliphatic carbocycles. The van der Waals surface area contributed by atoms with Crippen LogP contribution in [0.25, 0.3) is 10.4 Å². The van der Waals surface area contributed by atoms with E-state index in [1.165, 1.54) is 0 Å². The largest absolute Gasteiger partial charge is 0.544 e. The molecule has 4 N–H and O–H groups in total. The van der Waals surface area contributed by atoms with Crippen LogP contribution in [0, 0.1) is 0 Å². The summed E-state index contributed by atoms with van der Waals surface area (Å²) in [7, 11) is 0. The Labute approximate surface area is 101 Å². The molecule has 0 aromatic rings. The smallest absolute Gasteiger partial charge is 0.210 e. The third-order valence-electron chi connectivity index (χ3n) is 2.58. The fourth-order valence-corrected chi connectivity index (χ4v) is 1.63. The van der Waals surface area contributed by atoms with Crippen molar-refractivity contribution in [3.63, 3.8) is 0 Å². The number of ether oxygens (including phenoxy) is 1. The van der Waals surface area contributed by atoms with Crippen LogP contribution >= 0.6 is 0 Å². The molecule has 0 spiro atoms. The van der Waals surface area contributed by atoms with Gasteiger partial charge < -0.3 is 35.1 Å². The highest BCUT2D eigenvalue weighted by Crippen LogP contribution is 2.29. The molecular formula is C8H12N3O7-. The van der Waals surface area contributed by atoms with Crippen LogP contribution in [0.3, 0.4) is 0 Å². The lowest BCUT2D eigenvalue weighted by molar-refractivity contribution is -0.378. The summed E-state index contributed by atoms with van der Waals surface area (Å²) in [4.78, 5) is 13.0. The second-order valence-electron chi connectivity index (χ2n) is 3.90. The lowest BCUT2D eigenvalue weighted by Crippen LogP contribution is -2.64. The van der Waals surface area contributed by atoms with Crippen molar-refractivity contribution < 1.29 is 35.1 Å². The molecule has 0 amide bonds. The van der Waals surface area contributed by atoms with Gasteiger partial charge in [-0.25, -0.2) is 0 Å². The van der Waals surface area contributed by atoms with Gasteiger partial charge in [-0.05, 0) is 5.53 Å². The first kappa shape index (κ1) is 14.6. The first-order valence-corrected chi connectivity index (χ1v) is 4.98. The average molecular weight is 262 g/mol. The van der Waals surface area contributed by atoms with Gasteiger partial charge in [0.1, 0.15) is 18.2 Å². The third-order valence-corrected chi connectivity index (χ3v) is 2.58. The average Bonchev–Trinajstić information content (AvgIpc) is 2.30. The highest BCUT2D eigenvalue weighted by Gasteiger charge is 2.48. The van der Waals surface area contributed by atoms with E-state index in [-0.39, 0.29) is 0 Å². The highest BCUT2D eigenvalue weighted by atomic mass is 16.7. The van der Waals surface area contributed by atoms with Crippen LogP contribution in [-0.2, 0) is 9.53 Å². The van der Waals surface area contributed by atoms with Gasteiger partial charge in [0.15, 0.2) is 0 Å². The maximum Gasteiger partial charge on any atom is 0.210 e. The summed E-state index contributed by atoms with van der Waals surface area (Å²) in [5, 5.41) is 51.7. The lowest BCUT2D eigenvalue weighted by atomic mass is 9.92. The van der Waals surface area contributed by atoms with Crippen molar-refractivity contribution in [3.8, 4) is 0 Å². The van der Waals surface area contributed by atoms with E-state index in [4.69, 9.17) is 5.53 Å². The molecule has 0 aromatic heterocycles. The SMILES string of the molecule is [N-]=[N+]=NC[C@@H](O)[C@H]1O[C@@](O)(C(=O)[O-])C[C@H](O)[C@H]1O. The number of hydrogen-bond donors (Lipinski definition) is 4. The molecule has 1 heterocycles. The van der Waals surface area contributed by atoms with E-state index in [0.29, 0.717) is 0 Å². The minimum absolute atomic E-state index is 0.520. The van der Waals surface area contributed by atoms with E-state index in [1.54, 1.807) is 0 Å². The zero-order valence-corrected chi connectivity index (χ0v) is 9.08. The van der Waals surface area contributed by atoms with Crippen molar-refractivity contribution in [2.45, 2.75) is 36.6 Å². The highest BCUT2D eigenvalue weighted by molar-refractivity contribution is 5.73. The third kappa shape index (κ3) is 2.88. The summed E-state index contributed by atoms with van der Waals surface area (Å²) in [5.74, 6) is -4.82. The maximum absolute atomic E-state index is 10.7. The van der Waals surface area contributed by atoms with Crippen LogP contribution in [0.5, 0.6) is 0 Å². The van der Waals surface area contributed by atoms with Crippen molar-refractivity contribution in [1.82, 2.24) is 0 Å². The van der Waals surface area contributed by atoms with Gasteiger partial charge in [-0.3, -0.25) is 0 Å². The van der Waals surface area contributed by atoms with Gasteiger partial charge in [0.05, 0.1) is 18.8 Å². The van der Waals surface area contributed by atoms with Crippen molar-refractivity contribution >= 4 is 5.97 Å². The van der Waals surface area contributed by atoms with Gasteiger partial charge in [-0.15, -0.1) is 0 Å². The summed E-state index contributed by atoms with van der Waals surface area (Å²) < 4.78 is 4.63. The van der Waals surface area contributed by atoms with Crippen molar-refractivity contribution in [2.24, 2.45) is 5.11 Å². The van der Waals surface area contributed by atoms with E-state index in [0.717, 1.165) is 0 Å². The van der Waals surface area contributed by atoms with Gasteiger partial charge >= 0.3 is 0 Å². The maximum atomic E-state index is 10.7. The summed E-state index contributed by atoms with van der Waals surface area (Å²) in [6, 6.07) is 0. The Kier molecular flexibility index (Phi) is 4.46. The summed E-state index contributed by atoms with van der Waals surface area (Å²) >= 11 is 0. The number of hydrogen-bond acceptors (Lipinski definition) is 8. The summed E-state index contributed by atoms with van der Waals surface area (Å²) in [5.41, 5.74) is 8.06. The zero-order chi connectivity index (χ0) is 13.9. The minimum atomic E-state index is -2.82. The molecule has 10 nitrogen and oxygen atoms in total. The van der Waals surface area contributed by atoms with Crippen LogP contribution in [0.2, 0.25) is 0 Å². The number of carboxylic acids is 1. The molecule has 1 saturated heterocycles. The molecule has 18 heavy (non-hydrogen) atoms. The Morgan fingerprint density at radius 3 is 2.78 bits per heavy atom. The predicted octanol–water partition coefficient (Wildman–Crippen LogP) is -3.39. The van der Waals surface area contributed by atoms with Gasteiger partial charge in [0, 0.05) is 11.3 Å². The first-order chi connectivity index (χ1) is 8.31. The van der Waals surface area contributed by atoms with E-state index in [1.807, 2.05) is 0 Å². The molecule has 1 fully saturated rings. The quantitative estimate of drug-likeness (QED) is 0.231. The summed E-state index contributed by atoms with van der Waals surface area (Å²) in [6.45, 7) is -0.520. The van der Waals surface area contributed by atoms with Crippen LogP contribution in [0.1, 0.15) is 6.42 Å². The topological polar surface area (TPSA) is 179 Å². The van der Waals surface area contributed by atoms with Gasteiger partial charge in [-0.1, -0.05) is 5.11 Å². The fraction of sp³-hybridized carbons (Fsp3) is 0.875. The number of aliphatic carboxylic acids is 1. The molecule has 1 aliphatic rings. The van der Waals surface area contributed by atoms with Crippen molar-refractivity contribution in [3.05, 3.63) is 10.4 Å². The van der Waals surface area contributed by atoms with Crippen molar-refractivity contribution in [1.29, 1.82) is 0 Å².